The fourth-order valence-electron chi connectivity index (χ4n) is 4.02. The first kappa shape index (κ1) is 20.9. The zero-order valence-electron chi connectivity index (χ0n) is 17.9. The Hall–Kier alpha value is -4.00. The van der Waals surface area contributed by atoms with E-state index in [1.807, 2.05) is 66.7 Å². The van der Waals surface area contributed by atoms with Crippen molar-refractivity contribution in [2.45, 2.75) is 12.3 Å². The van der Waals surface area contributed by atoms with E-state index in [9.17, 15) is 9.59 Å². The lowest BCUT2D eigenvalue weighted by Crippen LogP contribution is -2.32. The Balaban J connectivity index is 1.17. The zero-order chi connectivity index (χ0) is 22.6. The molecule has 0 atom stereocenters. The summed E-state index contributed by atoms with van der Waals surface area (Å²) in [6, 6.07) is 20.4. The lowest BCUT2D eigenvalue weighted by Gasteiger charge is -2.26. The highest BCUT2D eigenvalue weighted by molar-refractivity contribution is 5.87. The summed E-state index contributed by atoms with van der Waals surface area (Å²) in [6.07, 6.45) is 0.622. The maximum Gasteiger partial charge on any atom is 0.318 e. The Kier molecular flexibility index (Phi) is 5.85. The predicted molar refractivity (Wildman–Crippen MR) is 120 cm³/mol. The molecule has 0 radical (unpaired) electrons. The summed E-state index contributed by atoms with van der Waals surface area (Å²) in [4.78, 5) is 25.3. The minimum Gasteiger partial charge on any atom is -0.486 e. The van der Waals surface area contributed by atoms with Crippen LogP contribution >= 0.6 is 0 Å². The van der Waals surface area contributed by atoms with Crippen molar-refractivity contribution in [3.63, 3.8) is 0 Å². The van der Waals surface area contributed by atoms with Crippen LogP contribution in [-0.2, 0) is 20.7 Å². The highest BCUT2D eigenvalue weighted by Gasteiger charge is 2.33. The van der Waals surface area contributed by atoms with Gasteiger partial charge in [0, 0.05) is 17.7 Å². The zero-order valence-corrected chi connectivity index (χ0v) is 17.9. The van der Waals surface area contributed by atoms with Crippen molar-refractivity contribution in [3.05, 3.63) is 83.4 Å². The molecule has 2 aliphatic rings. The number of nitrogens with one attached hydrogen (secondary N) is 1. The van der Waals surface area contributed by atoms with Crippen LogP contribution in [0.4, 0.5) is 0 Å². The predicted octanol–water partition coefficient (Wildman–Crippen LogP) is 3.60. The van der Waals surface area contributed by atoms with E-state index >= 15 is 0 Å². The number of para-hydroxylation sites is 2. The Morgan fingerprint density at radius 1 is 0.848 bits per heavy atom. The molecule has 0 fully saturated rings. The van der Waals surface area contributed by atoms with Gasteiger partial charge in [-0.3, -0.25) is 9.59 Å². The Morgan fingerprint density at radius 3 is 2.24 bits per heavy atom. The van der Waals surface area contributed by atoms with Crippen LogP contribution in [0.15, 0.2) is 66.7 Å². The Bertz CT molecular complexity index is 1150. The van der Waals surface area contributed by atoms with E-state index in [-0.39, 0.29) is 12.5 Å². The fraction of sp³-hybridized carbons (Fsp3) is 0.231. The second-order valence-electron chi connectivity index (χ2n) is 7.80. The number of carbonyl (C=O) groups excluding carboxylic acids is 2. The molecular formula is C26H23NO6. The third-order valence-corrected chi connectivity index (χ3v) is 5.60. The van der Waals surface area contributed by atoms with Gasteiger partial charge in [0.05, 0.1) is 0 Å². The van der Waals surface area contributed by atoms with Gasteiger partial charge in [-0.2, -0.15) is 0 Å². The number of ether oxygens (including phenoxy) is 4. The summed E-state index contributed by atoms with van der Waals surface area (Å²) in [5.41, 5.74) is 2.47. The summed E-state index contributed by atoms with van der Waals surface area (Å²) in [6.45, 7) is 1.15. The summed E-state index contributed by atoms with van der Waals surface area (Å²) >= 11 is 0. The number of carbonyl (C=O) groups is 2. The molecule has 3 aromatic rings. The maximum absolute atomic E-state index is 13.0. The van der Waals surface area contributed by atoms with Gasteiger partial charge in [-0.1, -0.05) is 42.5 Å². The highest BCUT2D eigenvalue weighted by Crippen LogP contribution is 2.44. The standard InChI is InChI=1S/C26H23NO6/c28-24(27-12-11-17-9-10-22-23(15-17)31-14-13-30-22)16-32-26(29)25-18-5-1-3-7-20(18)33-21-8-4-2-6-19(21)25/h1-10,15,25H,11-14,16H2,(H,27,28). The molecule has 0 saturated carbocycles. The molecule has 0 unspecified atom stereocenters. The molecule has 33 heavy (non-hydrogen) atoms. The molecule has 5 rings (SSSR count). The van der Waals surface area contributed by atoms with Crippen molar-refractivity contribution in [1.29, 1.82) is 0 Å². The Morgan fingerprint density at radius 2 is 1.52 bits per heavy atom. The van der Waals surface area contributed by atoms with Gasteiger partial charge in [0.25, 0.3) is 5.91 Å². The Labute approximate surface area is 191 Å². The minimum absolute atomic E-state index is 0.346. The molecule has 0 aliphatic carbocycles. The number of fused-ring (bicyclic) bond motifs is 3. The van der Waals surface area contributed by atoms with Crippen molar-refractivity contribution in [1.82, 2.24) is 5.32 Å². The van der Waals surface area contributed by atoms with Crippen LogP contribution in [0.3, 0.4) is 0 Å². The van der Waals surface area contributed by atoms with Crippen LogP contribution in [0.5, 0.6) is 23.0 Å². The monoisotopic (exact) mass is 445 g/mol. The first-order chi connectivity index (χ1) is 16.2. The van der Waals surface area contributed by atoms with Gasteiger partial charge in [-0.25, -0.2) is 0 Å². The van der Waals surface area contributed by atoms with Crippen LogP contribution in [0.25, 0.3) is 0 Å². The average molecular weight is 445 g/mol. The molecule has 2 aliphatic heterocycles. The fourth-order valence-corrected chi connectivity index (χ4v) is 4.02. The number of benzene rings is 3. The second-order valence-corrected chi connectivity index (χ2v) is 7.80. The smallest absolute Gasteiger partial charge is 0.318 e. The molecule has 1 N–H and O–H groups in total. The lowest BCUT2D eigenvalue weighted by molar-refractivity contribution is -0.149. The van der Waals surface area contributed by atoms with E-state index in [1.54, 1.807) is 0 Å². The molecule has 7 nitrogen and oxygen atoms in total. The normalized spacial score (nSPS) is 13.8. The van der Waals surface area contributed by atoms with Gasteiger partial charge in [0.15, 0.2) is 18.1 Å². The molecule has 0 bridgehead atoms. The van der Waals surface area contributed by atoms with Crippen molar-refractivity contribution >= 4 is 11.9 Å². The first-order valence-electron chi connectivity index (χ1n) is 10.9. The van der Waals surface area contributed by atoms with Crippen LogP contribution in [0.2, 0.25) is 0 Å². The third-order valence-electron chi connectivity index (χ3n) is 5.60. The van der Waals surface area contributed by atoms with Crippen molar-refractivity contribution in [3.8, 4) is 23.0 Å². The minimum atomic E-state index is -0.642. The molecule has 3 aromatic carbocycles. The van der Waals surface area contributed by atoms with Crippen molar-refractivity contribution in [2.75, 3.05) is 26.4 Å². The van der Waals surface area contributed by atoms with Crippen LogP contribution in [-0.4, -0.2) is 38.2 Å². The number of hydrogen-bond donors (Lipinski definition) is 1. The molecule has 2 heterocycles. The molecule has 0 saturated heterocycles. The molecule has 7 heteroatoms. The van der Waals surface area contributed by atoms with Gasteiger partial charge in [-0.05, 0) is 36.2 Å². The summed E-state index contributed by atoms with van der Waals surface area (Å²) in [7, 11) is 0. The molecule has 0 spiro atoms. The summed E-state index contributed by atoms with van der Waals surface area (Å²) in [5, 5.41) is 2.79. The summed E-state index contributed by atoms with van der Waals surface area (Å²) in [5.74, 6) is 1.20. The van der Waals surface area contributed by atoms with Gasteiger partial charge in [-0.15, -0.1) is 0 Å². The largest absolute Gasteiger partial charge is 0.486 e. The van der Waals surface area contributed by atoms with Gasteiger partial charge in [0.1, 0.15) is 30.6 Å². The van der Waals surface area contributed by atoms with Gasteiger partial charge >= 0.3 is 5.97 Å². The third kappa shape index (κ3) is 4.48. The van der Waals surface area contributed by atoms with E-state index in [1.165, 1.54) is 0 Å². The average Bonchev–Trinajstić information content (AvgIpc) is 2.85. The first-order valence-corrected chi connectivity index (χ1v) is 10.9. The molecule has 168 valence electrons. The van der Waals surface area contributed by atoms with Crippen LogP contribution in [0.1, 0.15) is 22.6 Å². The SMILES string of the molecule is O=C(COC(=O)C1c2ccccc2Oc2ccccc21)NCCc1ccc2c(c1)OCCO2. The molecule has 1 amide bonds. The number of esters is 1. The van der Waals surface area contributed by atoms with Crippen LogP contribution < -0.4 is 19.5 Å². The van der Waals surface area contributed by atoms with E-state index in [0.717, 1.165) is 28.2 Å². The maximum atomic E-state index is 13.0. The van der Waals surface area contributed by atoms with E-state index in [2.05, 4.69) is 5.32 Å². The van der Waals surface area contributed by atoms with E-state index in [0.29, 0.717) is 37.7 Å². The number of rotatable bonds is 6. The number of hydrogen-bond acceptors (Lipinski definition) is 6. The van der Waals surface area contributed by atoms with E-state index in [4.69, 9.17) is 18.9 Å². The van der Waals surface area contributed by atoms with Gasteiger partial charge in [0.2, 0.25) is 0 Å². The highest BCUT2D eigenvalue weighted by atomic mass is 16.6. The van der Waals surface area contributed by atoms with Crippen LogP contribution in [0, 0.1) is 0 Å². The topological polar surface area (TPSA) is 83.1 Å². The number of amides is 1. The van der Waals surface area contributed by atoms with E-state index < -0.39 is 11.9 Å². The van der Waals surface area contributed by atoms with Crippen molar-refractivity contribution < 1.29 is 28.5 Å². The quantitative estimate of drug-likeness (QED) is 0.584. The summed E-state index contributed by atoms with van der Waals surface area (Å²) < 4.78 is 22.4. The second kappa shape index (κ2) is 9.24. The van der Waals surface area contributed by atoms with Crippen molar-refractivity contribution in [2.24, 2.45) is 0 Å². The lowest BCUT2D eigenvalue weighted by atomic mass is 9.88. The van der Waals surface area contributed by atoms with Gasteiger partial charge < -0.3 is 24.3 Å². The molecular weight excluding hydrogens is 422 g/mol. The molecule has 0 aromatic heterocycles.